The fraction of sp³-hybridized carbons (Fsp3) is 0.417. The molecular formula is C12H13N5O3. The van der Waals surface area contributed by atoms with Gasteiger partial charge in [0.15, 0.2) is 0 Å². The molecule has 8 nitrogen and oxygen atoms in total. The summed E-state index contributed by atoms with van der Waals surface area (Å²) >= 11 is 0. The summed E-state index contributed by atoms with van der Waals surface area (Å²) < 4.78 is 10.3. The SMILES string of the molecule is O=C(NCC1CCCO1)c1nc(-c2cnccn2)no1. The zero-order chi connectivity index (χ0) is 13.8. The zero-order valence-electron chi connectivity index (χ0n) is 10.7. The van der Waals surface area contributed by atoms with Gasteiger partial charge in [-0.25, -0.2) is 4.98 Å². The molecule has 2 aromatic rings. The molecule has 0 bridgehead atoms. The number of hydrogen-bond acceptors (Lipinski definition) is 7. The number of carbonyl (C=O) groups excluding carboxylic acids is 1. The van der Waals surface area contributed by atoms with Crippen molar-refractivity contribution in [3.63, 3.8) is 0 Å². The molecule has 104 valence electrons. The van der Waals surface area contributed by atoms with Crippen molar-refractivity contribution in [1.29, 1.82) is 0 Å². The molecule has 0 radical (unpaired) electrons. The third-order valence-electron chi connectivity index (χ3n) is 2.93. The molecule has 1 aliphatic rings. The van der Waals surface area contributed by atoms with Crippen molar-refractivity contribution in [2.24, 2.45) is 0 Å². The molecule has 3 rings (SSSR count). The highest BCUT2D eigenvalue weighted by Crippen LogP contribution is 2.12. The van der Waals surface area contributed by atoms with Gasteiger partial charge in [0, 0.05) is 25.5 Å². The lowest BCUT2D eigenvalue weighted by molar-refractivity contribution is 0.0822. The van der Waals surface area contributed by atoms with Gasteiger partial charge in [-0.15, -0.1) is 0 Å². The summed E-state index contributed by atoms with van der Waals surface area (Å²) in [7, 11) is 0. The second-order valence-corrected chi connectivity index (χ2v) is 4.36. The van der Waals surface area contributed by atoms with Crippen LogP contribution in [0.25, 0.3) is 11.5 Å². The van der Waals surface area contributed by atoms with Crippen molar-refractivity contribution >= 4 is 5.91 Å². The highest BCUT2D eigenvalue weighted by molar-refractivity contribution is 5.89. The summed E-state index contributed by atoms with van der Waals surface area (Å²) in [5, 5.41) is 6.42. The van der Waals surface area contributed by atoms with Gasteiger partial charge in [-0.3, -0.25) is 9.78 Å². The number of amides is 1. The summed E-state index contributed by atoms with van der Waals surface area (Å²) in [4.78, 5) is 23.8. The van der Waals surface area contributed by atoms with Crippen LogP contribution in [0.5, 0.6) is 0 Å². The van der Waals surface area contributed by atoms with Crippen LogP contribution >= 0.6 is 0 Å². The molecule has 1 fully saturated rings. The van der Waals surface area contributed by atoms with E-state index in [1.807, 2.05) is 0 Å². The highest BCUT2D eigenvalue weighted by atomic mass is 16.5. The molecule has 20 heavy (non-hydrogen) atoms. The Labute approximate surface area is 114 Å². The van der Waals surface area contributed by atoms with E-state index >= 15 is 0 Å². The average molecular weight is 275 g/mol. The van der Waals surface area contributed by atoms with Gasteiger partial charge in [0.1, 0.15) is 5.69 Å². The molecule has 0 aliphatic carbocycles. The number of ether oxygens (including phenoxy) is 1. The standard InChI is InChI=1S/C12H13N5O3/c18-11(15-6-8-2-1-5-19-8)12-16-10(17-20-12)9-7-13-3-4-14-9/h3-4,7-8H,1-2,5-6H2,(H,15,18). The topological polar surface area (TPSA) is 103 Å². The van der Waals surface area contributed by atoms with Gasteiger partial charge in [-0.2, -0.15) is 4.98 Å². The van der Waals surface area contributed by atoms with E-state index in [-0.39, 0.29) is 17.8 Å². The van der Waals surface area contributed by atoms with Gasteiger partial charge < -0.3 is 14.6 Å². The summed E-state index contributed by atoms with van der Waals surface area (Å²) in [6.07, 6.45) is 6.61. The van der Waals surface area contributed by atoms with Crippen LogP contribution < -0.4 is 5.32 Å². The quantitative estimate of drug-likeness (QED) is 0.863. The maximum absolute atomic E-state index is 11.8. The smallest absolute Gasteiger partial charge is 0.316 e. The van der Waals surface area contributed by atoms with Crippen LogP contribution in [-0.2, 0) is 4.74 Å². The van der Waals surface area contributed by atoms with Crippen LogP contribution in [0.15, 0.2) is 23.1 Å². The van der Waals surface area contributed by atoms with Crippen LogP contribution in [-0.4, -0.2) is 45.3 Å². The predicted molar refractivity (Wildman–Crippen MR) is 66.6 cm³/mol. The van der Waals surface area contributed by atoms with Crippen molar-refractivity contribution < 1.29 is 14.1 Å². The Morgan fingerprint density at radius 3 is 3.15 bits per heavy atom. The van der Waals surface area contributed by atoms with Crippen LogP contribution in [0.3, 0.4) is 0 Å². The third kappa shape index (κ3) is 2.80. The zero-order valence-corrected chi connectivity index (χ0v) is 10.7. The monoisotopic (exact) mass is 275 g/mol. The maximum Gasteiger partial charge on any atom is 0.316 e. The molecule has 0 aromatic carbocycles. The first-order chi connectivity index (χ1) is 9.83. The van der Waals surface area contributed by atoms with Crippen LogP contribution in [0, 0.1) is 0 Å². The molecule has 1 amide bonds. The Balaban J connectivity index is 1.62. The lowest BCUT2D eigenvalue weighted by Gasteiger charge is -2.08. The molecule has 1 saturated heterocycles. The lowest BCUT2D eigenvalue weighted by atomic mass is 10.2. The van der Waals surface area contributed by atoms with Gasteiger partial charge in [-0.05, 0) is 12.8 Å². The molecule has 0 spiro atoms. The van der Waals surface area contributed by atoms with E-state index in [0.29, 0.717) is 12.2 Å². The van der Waals surface area contributed by atoms with E-state index in [0.717, 1.165) is 19.4 Å². The molecule has 8 heteroatoms. The lowest BCUT2D eigenvalue weighted by Crippen LogP contribution is -2.31. The molecule has 2 aromatic heterocycles. The minimum absolute atomic E-state index is 0.0707. The first kappa shape index (κ1) is 12.7. The number of rotatable bonds is 4. The Morgan fingerprint density at radius 1 is 1.45 bits per heavy atom. The second-order valence-electron chi connectivity index (χ2n) is 4.36. The molecule has 1 aliphatic heterocycles. The largest absolute Gasteiger partial charge is 0.376 e. The number of aromatic nitrogens is 4. The Morgan fingerprint density at radius 2 is 2.40 bits per heavy atom. The van der Waals surface area contributed by atoms with Crippen molar-refractivity contribution in [2.75, 3.05) is 13.2 Å². The van der Waals surface area contributed by atoms with E-state index in [1.165, 1.54) is 12.4 Å². The minimum Gasteiger partial charge on any atom is -0.376 e. The number of nitrogens with one attached hydrogen (secondary N) is 1. The maximum atomic E-state index is 11.8. The van der Waals surface area contributed by atoms with E-state index in [9.17, 15) is 4.79 Å². The third-order valence-corrected chi connectivity index (χ3v) is 2.93. The molecule has 3 heterocycles. The number of nitrogens with zero attached hydrogens (tertiary/aromatic N) is 4. The predicted octanol–water partition coefficient (Wildman–Crippen LogP) is 0.435. The normalized spacial score (nSPS) is 18.1. The van der Waals surface area contributed by atoms with E-state index in [4.69, 9.17) is 9.26 Å². The summed E-state index contributed by atoms with van der Waals surface area (Å²) in [5.41, 5.74) is 0.453. The van der Waals surface area contributed by atoms with Gasteiger partial charge in [0.2, 0.25) is 5.82 Å². The van der Waals surface area contributed by atoms with Crippen molar-refractivity contribution in [2.45, 2.75) is 18.9 Å². The van der Waals surface area contributed by atoms with Crippen molar-refractivity contribution in [3.05, 3.63) is 24.5 Å². The number of carbonyl (C=O) groups is 1. The molecule has 1 unspecified atom stereocenters. The first-order valence-corrected chi connectivity index (χ1v) is 6.33. The highest BCUT2D eigenvalue weighted by Gasteiger charge is 2.20. The van der Waals surface area contributed by atoms with Gasteiger partial charge in [0.05, 0.1) is 12.3 Å². The number of hydrogen-bond donors (Lipinski definition) is 1. The fourth-order valence-corrected chi connectivity index (χ4v) is 1.92. The fourth-order valence-electron chi connectivity index (χ4n) is 1.92. The van der Waals surface area contributed by atoms with Crippen LogP contribution in [0.4, 0.5) is 0 Å². The van der Waals surface area contributed by atoms with Crippen molar-refractivity contribution in [3.8, 4) is 11.5 Å². The van der Waals surface area contributed by atoms with E-state index in [1.54, 1.807) is 6.20 Å². The van der Waals surface area contributed by atoms with Gasteiger partial charge in [0.25, 0.3) is 0 Å². The summed E-state index contributed by atoms with van der Waals surface area (Å²) in [6.45, 7) is 1.19. The Bertz CT molecular complexity index is 580. The summed E-state index contributed by atoms with van der Waals surface area (Å²) in [6, 6.07) is 0. The van der Waals surface area contributed by atoms with Crippen LogP contribution in [0.1, 0.15) is 23.5 Å². The first-order valence-electron chi connectivity index (χ1n) is 6.33. The van der Waals surface area contributed by atoms with Crippen LogP contribution in [0.2, 0.25) is 0 Å². The second kappa shape index (κ2) is 5.74. The Hall–Kier alpha value is -2.35. The average Bonchev–Trinajstić information content (AvgIpc) is 3.17. The minimum atomic E-state index is -0.414. The van der Waals surface area contributed by atoms with E-state index < -0.39 is 5.91 Å². The van der Waals surface area contributed by atoms with Crippen molar-refractivity contribution in [1.82, 2.24) is 25.4 Å². The van der Waals surface area contributed by atoms with Gasteiger partial charge in [-0.1, -0.05) is 5.16 Å². The molecule has 1 atom stereocenters. The van der Waals surface area contributed by atoms with Gasteiger partial charge >= 0.3 is 11.8 Å². The van der Waals surface area contributed by atoms with E-state index in [2.05, 4.69) is 25.4 Å². The molecule has 0 saturated carbocycles. The summed E-state index contributed by atoms with van der Waals surface area (Å²) in [5.74, 6) is -0.271. The Kier molecular flexibility index (Phi) is 3.64. The molecular weight excluding hydrogens is 262 g/mol. The molecule has 1 N–H and O–H groups in total.